The molecule has 0 saturated heterocycles. The largest absolute Gasteiger partial charge is 0.444 e. The number of amides is 1. The Bertz CT molecular complexity index is 482. The highest BCUT2D eigenvalue weighted by Gasteiger charge is 2.22. The molecule has 20 heavy (non-hydrogen) atoms. The van der Waals surface area contributed by atoms with Gasteiger partial charge in [-0.2, -0.15) is 0 Å². The summed E-state index contributed by atoms with van der Waals surface area (Å²) in [5, 5.41) is 12.7. The van der Waals surface area contributed by atoms with E-state index < -0.39 is 23.8 Å². The van der Waals surface area contributed by atoms with Crippen LogP contribution in [0.5, 0.6) is 0 Å². The van der Waals surface area contributed by atoms with Gasteiger partial charge in [0.05, 0.1) is 12.1 Å². The molecule has 1 aromatic rings. The molecule has 0 saturated carbocycles. The molecule has 1 aromatic carbocycles. The highest BCUT2D eigenvalue weighted by atomic mass is 19.1. The minimum atomic E-state index is -0.929. The summed E-state index contributed by atoms with van der Waals surface area (Å²) in [6, 6.07) is 3.82. The standard InChI is InChI=1S/C15H22FNO3/c1-9-8-11(6-7-12(9)16)13(18)10(2)17-14(19)20-15(3,4)5/h6-8,10,13,18H,1-5H3,(H,17,19). The maximum atomic E-state index is 13.2. The zero-order chi connectivity index (χ0) is 15.5. The van der Waals surface area contributed by atoms with Crippen LogP contribution in [0.1, 0.15) is 44.9 Å². The highest BCUT2D eigenvalue weighted by molar-refractivity contribution is 5.68. The lowest BCUT2D eigenvalue weighted by atomic mass is 10.0. The zero-order valence-corrected chi connectivity index (χ0v) is 12.5. The predicted octanol–water partition coefficient (Wildman–Crippen LogP) is 3.08. The van der Waals surface area contributed by atoms with Crippen LogP contribution in [0.15, 0.2) is 18.2 Å². The second kappa shape index (κ2) is 6.22. The van der Waals surface area contributed by atoms with Crippen LogP contribution >= 0.6 is 0 Å². The molecule has 0 aliphatic heterocycles. The summed E-state index contributed by atoms with van der Waals surface area (Å²) in [5.74, 6) is -0.325. The minimum absolute atomic E-state index is 0.325. The van der Waals surface area contributed by atoms with E-state index in [4.69, 9.17) is 4.74 Å². The topological polar surface area (TPSA) is 58.6 Å². The minimum Gasteiger partial charge on any atom is -0.444 e. The van der Waals surface area contributed by atoms with Crippen LogP contribution in [0.3, 0.4) is 0 Å². The molecule has 2 unspecified atom stereocenters. The van der Waals surface area contributed by atoms with Crippen LogP contribution in [-0.2, 0) is 4.74 Å². The van der Waals surface area contributed by atoms with E-state index in [0.29, 0.717) is 11.1 Å². The Morgan fingerprint density at radius 2 is 2.00 bits per heavy atom. The molecule has 4 nitrogen and oxygen atoms in total. The van der Waals surface area contributed by atoms with Crippen molar-refractivity contribution in [2.75, 3.05) is 0 Å². The molecular weight excluding hydrogens is 261 g/mol. The lowest BCUT2D eigenvalue weighted by Crippen LogP contribution is -2.40. The Kier molecular flexibility index (Phi) is 5.11. The number of hydrogen-bond acceptors (Lipinski definition) is 3. The third-order valence-electron chi connectivity index (χ3n) is 2.74. The molecule has 0 aromatic heterocycles. The van der Waals surface area contributed by atoms with Crippen LogP contribution in [0, 0.1) is 12.7 Å². The molecule has 0 heterocycles. The molecule has 0 aliphatic carbocycles. The molecule has 1 amide bonds. The third-order valence-corrected chi connectivity index (χ3v) is 2.74. The summed E-state index contributed by atoms with van der Waals surface area (Å²) < 4.78 is 18.3. The lowest BCUT2D eigenvalue weighted by molar-refractivity contribution is 0.0435. The van der Waals surface area contributed by atoms with Crippen molar-refractivity contribution < 1.29 is 19.0 Å². The number of aliphatic hydroxyl groups is 1. The van der Waals surface area contributed by atoms with Gasteiger partial charge in [-0.15, -0.1) is 0 Å². The van der Waals surface area contributed by atoms with Crippen LogP contribution in [0.2, 0.25) is 0 Å². The first-order valence-electron chi connectivity index (χ1n) is 6.54. The number of benzene rings is 1. The van der Waals surface area contributed by atoms with Crippen LogP contribution in [-0.4, -0.2) is 22.8 Å². The van der Waals surface area contributed by atoms with Crippen molar-refractivity contribution in [3.63, 3.8) is 0 Å². The van der Waals surface area contributed by atoms with Crippen LogP contribution in [0.25, 0.3) is 0 Å². The van der Waals surface area contributed by atoms with Gasteiger partial charge in [0.25, 0.3) is 0 Å². The molecule has 0 bridgehead atoms. The van der Waals surface area contributed by atoms with Gasteiger partial charge in [-0.05, 0) is 51.8 Å². The number of hydrogen-bond donors (Lipinski definition) is 2. The Morgan fingerprint density at radius 1 is 1.40 bits per heavy atom. The van der Waals surface area contributed by atoms with Gasteiger partial charge in [0.1, 0.15) is 11.4 Å². The molecule has 0 aliphatic rings. The molecule has 112 valence electrons. The monoisotopic (exact) mass is 283 g/mol. The molecule has 2 N–H and O–H groups in total. The van der Waals surface area contributed by atoms with Crippen molar-refractivity contribution >= 4 is 6.09 Å². The maximum absolute atomic E-state index is 13.2. The molecule has 0 radical (unpaired) electrons. The van der Waals surface area contributed by atoms with E-state index in [0.717, 1.165) is 0 Å². The van der Waals surface area contributed by atoms with Crippen LogP contribution in [0.4, 0.5) is 9.18 Å². The summed E-state index contributed by atoms with van der Waals surface area (Å²) >= 11 is 0. The van der Waals surface area contributed by atoms with Crippen molar-refractivity contribution in [2.24, 2.45) is 0 Å². The van der Waals surface area contributed by atoms with E-state index in [2.05, 4.69) is 5.32 Å². The van der Waals surface area contributed by atoms with Gasteiger partial charge in [-0.3, -0.25) is 0 Å². The average molecular weight is 283 g/mol. The number of aryl methyl sites for hydroxylation is 1. The number of nitrogens with one attached hydrogen (secondary N) is 1. The fraction of sp³-hybridized carbons (Fsp3) is 0.533. The van der Waals surface area contributed by atoms with E-state index in [1.807, 2.05) is 0 Å². The number of carbonyl (C=O) groups excluding carboxylic acids is 1. The Labute approximate surface area is 119 Å². The van der Waals surface area contributed by atoms with E-state index in [1.54, 1.807) is 40.7 Å². The van der Waals surface area contributed by atoms with Crippen LogP contribution < -0.4 is 5.32 Å². The van der Waals surface area contributed by atoms with Gasteiger partial charge in [0.2, 0.25) is 0 Å². The predicted molar refractivity (Wildman–Crippen MR) is 74.9 cm³/mol. The van der Waals surface area contributed by atoms with Crippen molar-refractivity contribution in [2.45, 2.75) is 52.4 Å². The number of aliphatic hydroxyl groups excluding tert-OH is 1. The normalized spacial score (nSPS) is 14.6. The molecule has 0 spiro atoms. The first-order chi connectivity index (χ1) is 9.10. The van der Waals surface area contributed by atoms with Crippen molar-refractivity contribution in [1.82, 2.24) is 5.32 Å². The van der Waals surface area contributed by atoms with Crippen molar-refractivity contribution in [3.05, 3.63) is 35.1 Å². The average Bonchev–Trinajstić information content (AvgIpc) is 2.29. The van der Waals surface area contributed by atoms with Gasteiger partial charge >= 0.3 is 6.09 Å². The smallest absolute Gasteiger partial charge is 0.407 e. The molecule has 1 rings (SSSR count). The van der Waals surface area contributed by atoms with Crippen molar-refractivity contribution in [1.29, 1.82) is 0 Å². The van der Waals surface area contributed by atoms with E-state index in [9.17, 15) is 14.3 Å². The highest BCUT2D eigenvalue weighted by Crippen LogP contribution is 2.20. The fourth-order valence-electron chi connectivity index (χ4n) is 1.71. The summed E-state index contributed by atoms with van der Waals surface area (Å²) in [5.41, 5.74) is 0.403. The van der Waals surface area contributed by atoms with Crippen molar-refractivity contribution in [3.8, 4) is 0 Å². The SMILES string of the molecule is Cc1cc(C(O)C(C)NC(=O)OC(C)(C)C)ccc1F. The third kappa shape index (κ3) is 4.81. The Morgan fingerprint density at radius 3 is 2.50 bits per heavy atom. The summed E-state index contributed by atoms with van der Waals surface area (Å²) in [4.78, 5) is 11.6. The quantitative estimate of drug-likeness (QED) is 0.896. The lowest BCUT2D eigenvalue weighted by Gasteiger charge is -2.24. The second-order valence-electron chi connectivity index (χ2n) is 5.89. The number of ether oxygens (including phenoxy) is 1. The van der Waals surface area contributed by atoms with E-state index >= 15 is 0 Å². The molecule has 2 atom stereocenters. The first-order valence-corrected chi connectivity index (χ1v) is 6.54. The van der Waals surface area contributed by atoms with Gasteiger partial charge < -0.3 is 15.2 Å². The summed E-state index contributed by atoms with van der Waals surface area (Å²) in [7, 11) is 0. The Hall–Kier alpha value is -1.62. The van der Waals surface area contributed by atoms with E-state index in [-0.39, 0.29) is 5.82 Å². The maximum Gasteiger partial charge on any atom is 0.407 e. The number of halogens is 1. The fourth-order valence-corrected chi connectivity index (χ4v) is 1.71. The molecular formula is C15H22FNO3. The first kappa shape index (κ1) is 16.4. The summed E-state index contributed by atoms with van der Waals surface area (Å²) in [6.07, 6.45) is -1.52. The Balaban J connectivity index is 2.69. The van der Waals surface area contributed by atoms with Gasteiger partial charge in [-0.25, -0.2) is 9.18 Å². The summed E-state index contributed by atoms with van der Waals surface area (Å²) in [6.45, 7) is 8.57. The number of alkyl carbamates (subject to hydrolysis) is 1. The molecule has 5 heteroatoms. The zero-order valence-electron chi connectivity index (χ0n) is 12.5. The van der Waals surface area contributed by atoms with Gasteiger partial charge in [0.15, 0.2) is 0 Å². The number of carbonyl (C=O) groups is 1. The van der Waals surface area contributed by atoms with E-state index in [1.165, 1.54) is 12.1 Å². The number of rotatable bonds is 3. The molecule has 0 fully saturated rings. The second-order valence-corrected chi connectivity index (χ2v) is 5.89. The van der Waals surface area contributed by atoms with Gasteiger partial charge in [-0.1, -0.05) is 12.1 Å². The van der Waals surface area contributed by atoms with Gasteiger partial charge in [0, 0.05) is 0 Å².